The molecule has 0 fully saturated rings. The lowest BCUT2D eigenvalue weighted by molar-refractivity contribution is 0.501. The summed E-state index contributed by atoms with van der Waals surface area (Å²) in [6, 6.07) is 57.3. The Bertz CT molecular complexity index is 3010. The largest absolute Gasteiger partial charge is 0.135 e. The van der Waals surface area contributed by atoms with E-state index >= 15 is 0 Å². The maximum absolute atomic E-state index is 2.47. The van der Waals surface area contributed by atoms with E-state index in [4.69, 9.17) is 0 Å². The summed E-state index contributed by atoms with van der Waals surface area (Å²) >= 11 is 1.94. The fourth-order valence-corrected chi connectivity index (χ4v) is 11.5. The summed E-state index contributed by atoms with van der Waals surface area (Å²) in [5.74, 6) is 0.288. The highest BCUT2D eigenvalue weighted by atomic mass is 32.1. The van der Waals surface area contributed by atoms with Crippen LogP contribution in [0.2, 0.25) is 0 Å². The van der Waals surface area contributed by atoms with E-state index in [2.05, 4.69) is 164 Å². The van der Waals surface area contributed by atoms with Crippen molar-refractivity contribution in [3.05, 3.63) is 192 Å². The second kappa shape index (κ2) is 9.69. The van der Waals surface area contributed by atoms with Crippen molar-refractivity contribution in [2.45, 2.75) is 11.8 Å². The molecule has 8 aromatic carbocycles. The van der Waals surface area contributed by atoms with Crippen LogP contribution in [0.3, 0.4) is 0 Å². The molecule has 0 N–H and O–H groups in total. The molecule has 0 nitrogen and oxygen atoms in total. The minimum Gasteiger partial charge on any atom is -0.135 e. The smallest absolute Gasteiger partial charge is 0.0541 e. The molecule has 1 spiro atoms. The first-order valence-corrected chi connectivity index (χ1v) is 18.5. The fourth-order valence-electron chi connectivity index (χ4n) is 10.2. The molecule has 3 aliphatic rings. The van der Waals surface area contributed by atoms with Crippen LogP contribution in [-0.2, 0) is 5.41 Å². The van der Waals surface area contributed by atoms with Gasteiger partial charge in [0.2, 0.25) is 0 Å². The lowest BCUT2D eigenvalue weighted by Gasteiger charge is -2.37. The SMILES string of the molecule is C1=C(c2cccc3c2sc2ccccc23)CC2C(=C1)c1ccccc1C21c2cccc3c4ccc(-c5ccccc5)cc4c4cccc1c4c23. The van der Waals surface area contributed by atoms with Crippen molar-refractivity contribution in [3.63, 3.8) is 0 Å². The monoisotopic (exact) mass is 650 g/mol. The molecule has 1 heteroatoms. The van der Waals surface area contributed by atoms with Crippen LogP contribution in [0.4, 0.5) is 0 Å². The zero-order chi connectivity index (χ0) is 32.6. The highest BCUT2D eigenvalue weighted by molar-refractivity contribution is 7.26. The molecule has 0 bridgehead atoms. The van der Waals surface area contributed by atoms with Crippen LogP contribution < -0.4 is 0 Å². The summed E-state index contributed by atoms with van der Waals surface area (Å²) < 4.78 is 2.76. The van der Waals surface area contributed by atoms with E-state index in [9.17, 15) is 0 Å². The number of hydrogen-bond acceptors (Lipinski definition) is 1. The first-order chi connectivity index (χ1) is 24.8. The number of hydrogen-bond donors (Lipinski definition) is 0. The zero-order valence-corrected chi connectivity index (χ0v) is 28.1. The van der Waals surface area contributed by atoms with Gasteiger partial charge in [-0.2, -0.15) is 0 Å². The third-order valence-corrected chi connectivity index (χ3v) is 13.4. The molecule has 12 rings (SSSR count). The minimum absolute atomic E-state index is 0.267. The summed E-state index contributed by atoms with van der Waals surface area (Å²) in [5.41, 5.74) is 12.4. The van der Waals surface area contributed by atoms with Crippen LogP contribution in [0, 0.1) is 5.92 Å². The lowest BCUT2D eigenvalue weighted by Crippen LogP contribution is -2.33. The van der Waals surface area contributed by atoms with Gasteiger partial charge in [-0.15, -0.1) is 11.3 Å². The van der Waals surface area contributed by atoms with Crippen LogP contribution in [0.5, 0.6) is 0 Å². The van der Waals surface area contributed by atoms with Gasteiger partial charge in [0.05, 0.1) is 5.41 Å². The van der Waals surface area contributed by atoms with E-state index in [-0.39, 0.29) is 11.3 Å². The van der Waals surface area contributed by atoms with E-state index in [0.29, 0.717) is 0 Å². The summed E-state index contributed by atoms with van der Waals surface area (Å²) in [6.07, 6.45) is 5.89. The van der Waals surface area contributed by atoms with Gasteiger partial charge in [0, 0.05) is 26.1 Å². The predicted octanol–water partition coefficient (Wildman–Crippen LogP) is 13.3. The molecule has 1 aromatic heterocycles. The summed E-state index contributed by atoms with van der Waals surface area (Å²) in [5, 5.41) is 11.0. The van der Waals surface area contributed by atoms with Gasteiger partial charge in [-0.25, -0.2) is 0 Å². The van der Waals surface area contributed by atoms with Crippen molar-refractivity contribution in [1.82, 2.24) is 0 Å². The van der Waals surface area contributed by atoms with Crippen LogP contribution >= 0.6 is 11.3 Å². The Morgan fingerprint density at radius 1 is 0.460 bits per heavy atom. The van der Waals surface area contributed by atoms with Crippen molar-refractivity contribution < 1.29 is 0 Å². The molecule has 0 saturated heterocycles. The quantitative estimate of drug-likeness (QED) is 0.163. The molecule has 2 unspecified atom stereocenters. The normalized spacial score (nSPS) is 18.8. The molecule has 1 heterocycles. The fraction of sp³-hybridized carbons (Fsp3) is 0.0612. The molecule has 9 aromatic rings. The van der Waals surface area contributed by atoms with Gasteiger partial charge in [-0.3, -0.25) is 0 Å². The number of rotatable bonds is 2. The van der Waals surface area contributed by atoms with Crippen molar-refractivity contribution in [2.24, 2.45) is 5.92 Å². The van der Waals surface area contributed by atoms with Crippen molar-refractivity contribution in [1.29, 1.82) is 0 Å². The third-order valence-electron chi connectivity index (χ3n) is 12.1. The molecule has 232 valence electrons. The minimum atomic E-state index is -0.267. The zero-order valence-electron chi connectivity index (χ0n) is 27.3. The summed E-state index contributed by atoms with van der Waals surface area (Å²) in [6.45, 7) is 0. The second-order valence-electron chi connectivity index (χ2n) is 14.3. The molecule has 50 heavy (non-hydrogen) atoms. The van der Waals surface area contributed by atoms with E-state index in [1.54, 1.807) is 0 Å². The van der Waals surface area contributed by atoms with Gasteiger partial charge in [-0.1, -0.05) is 152 Å². The van der Waals surface area contributed by atoms with Gasteiger partial charge < -0.3 is 0 Å². The highest BCUT2D eigenvalue weighted by Gasteiger charge is 2.56. The van der Waals surface area contributed by atoms with E-state index < -0.39 is 0 Å². The Balaban J connectivity index is 1.14. The molecule has 2 atom stereocenters. The Hall–Kier alpha value is -5.76. The first-order valence-electron chi connectivity index (χ1n) is 17.7. The Morgan fingerprint density at radius 3 is 1.98 bits per heavy atom. The van der Waals surface area contributed by atoms with Crippen molar-refractivity contribution >= 4 is 75.0 Å². The maximum Gasteiger partial charge on any atom is 0.0541 e. The molecule has 0 radical (unpaired) electrons. The standard InChI is InChI=1S/C49H30S/c1-2-11-29(12-3-1)30-23-25-33-37-16-9-20-42-46(37)47-38(40(33)27-30)17-10-21-43(47)49(42)41-19-6-4-13-34(41)35-26-24-31(28-44(35)49)32-15-8-18-39-36-14-5-7-22-45(36)50-48(32)39/h1-27,44H,28H2. The molecular formula is C49H30S. The first kappa shape index (κ1) is 27.1. The topological polar surface area (TPSA) is 0 Å². The Kier molecular flexibility index (Phi) is 5.25. The summed E-state index contributed by atoms with van der Waals surface area (Å²) in [7, 11) is 0. The predicted molar refractivity (Wildman–Crippen MR) is 214 cm³/mol. The number of benzene rings is 8. The average molecular weight is 651 g/mol. The van der Waals surface area contributed by atoms with Crippen molar-refractivity contribution in [2.75, 3.05) is 0 Å². The van der Waals surface area contributed by atoms with Gasteiger partial charge in [0.1, 0.15) is 0 Å². The van der Waals surface area contributed by atoms with E-state index in [1.807, 2.05) is 11.3 Å². The maximum atomic E-state index is 2.47. The highest BCUT2D eigenvalue weighted by Crippen LogP contribution is 2.66. The van der Waals surface area contributed by atoms with Gasteiger partial charge in [0.25, 0.3) is 0 Å². The van der Waals surface area contributed by atoms with Crippen molar-refractivity contribution in [3.8, 4) is 11.1 Å². The van der Waals surface area contributed by atoms with Gasteiger partial charge in [-0.05, 0) is 101 Å². The Labute approximate surface area is 294 Å². The molecule has 0 saturated carbocycles. The van der Waals surface area contributed by atoms with Crippen LogP contribution in [-0.4, -0.2) is 0 Å². The molecule has 3 aliphatic carbocycles. The number of thiophene rings is 1. The van der Waals surface area contributed by atoms with E-state index in [0.717, 1.165) is 6.42 Å². The van der Waals surface area contributed by atoms with Gasteiger partial charge >= 0.3 is 0 Å². The average Bonchev–Trinajstić information content (AvgIpc) is 3.82. The van der Waals surface area contributed by atoms with Gasteiger partial charge in [0.15, 0.2) is 0 Å². The molecule has 0 amide bonds. The second-order valence-corrected chi connectivity index (χ2v) is 15.3. The number of allylic oxidation sites excluding steroid dienone is 4. The molecular weight excluding hydrogens is 621 g/mol. The number of fused-ring (bicyclic) bond motifs is 13. The van der Waals surface area contributed by atoms with Crippen LogP contribution in [0.15, 0.2) is 164 Å². The third kappa shape index (κ3) is 3.27. The summed E-state index contributed by atoms with van der Waals surface area (Å²) in [4.78, 5) is 0. The van der Waals surface area contributed by atoms with Crippen LogP contribution in [0.1, 0.15) is 34.2 Å². The Morgan fingerprint density at radius 2 is 1.12 bits per heavy atom. The van der Waals surface area contributed by atoms with Crippen LogP contribution in [0.25, 0.3) is 74.8 Å². The lowest BCUT2D eigenvalue weighted by atomic mass is 9.64. The van der Waals surface area contributed by atoms with E-state index in [1.165, 1.54) is 103 Å². The molecule has 0 aliphatic heterocycles.